The van der Waals surface area contributed by atoms with Gasteiger partial charge in [0, 0.05) is 32.4 Å². The summed E-state index contributed by atoms with van der Waals surface area (Å²) in [5.41, 5.74) is 1.76. The Hall–Kier alpha value is -1.39. The summed E-state index contributed by atoms with van der Waals surface area (Å²) in [7, 11) is 1.77. The molecule has 2 aliphatic heterocycles. The normalized spacial score (nSPS) is 24.5. The van der Waals surface area contributed by atoms with Crippen molar-refractivity contribution < 1.29 is 14.3 Å². The number of aryl methyl sites for hydroxylation is 1. The van der Waals surface area contributed by atoms with Crippen LogP contribution >= 0.6 is 0 Å². The third kappa shape index (κ3) is 2.90. The van der Waals surface area contributed by atoms with Crippen molar-refractivity contribution in [2.75, 3.05) is 26.8 Å². The molecule has 0 aliphatic carbocycles. The fraction of sp³-hybridized carbons (Fsp3) is 0.611. The lowest BCUT2D eigenvalue weighted by Gasteiger charge is -2.48. The van der Waals surface area contributed by atoms with Crippen LogP contribution in [-0.2, 0) is 9.47 Å². The molecule has 1 spiro atoms. The summed E-state index contributed by atoms with van der Waals surface area (Å²) < 4.78 is 11.7. The number of benzene rings is 1. The molecule has 22 heavy (non-hydrogen) atoms. The second-order valence-electron chi connectivity index (χ2n) is 6.44. The highest BCUT2D eigenvalue weighted by Gasteiger charge is 2.45. The van der Waals surface area contributed by atoms with E-state index in [2.05, 4.69) is 0 Å². The zero-order valence-electron chi connectivity index (χ0n) is 13.5. The second-order valence-corrected chi connectivity index (χ2v) is 6.44. The molecule has 1 aromatic rings. The number of amides is 1. The predicted octanol–water partition coefficient (Wildman–Crippen LogP) is 2.80. The van der Waals surface area contributed by atoms with Gasteiger partial charge >= 0.3 is 0 Å². The molecule has 2 saturated heterocycles. The molecule has 120 valence electrons. The van der Waals surface area contributed by atoms with E-state index < -0.39 is 0 Å². The SMILES string of the molecule is CO[C@H]1CCCOC12CCN(C(=O)c1ccc(C)cc1)CC2. The minimum Gasteiger partial charge on any atom is -0.378 e. The Morgan fingerprint density at radius 1 is 1.27 bits per heavy atom. The van der Waals surface area contributed by atoms with Crippen LogP contribution in [0.5, 0.6) is 0 Å². The van der Waals surface area contributed by atoms with Crippen LogP contribution in [0.2, 0.25) is 0 Å². The lowest BCUT2D eigenvalue weighted by atomic mass is 9.81. The topological polar surface area (TPSA) is 38.8 Å². The first kappa shape index (κ1) is 15.5. The van der Waals surface area contributed by atoms with Crippen LogP contribution < -0.4 is 0 Å². The van der Waals surface area contributed by atoms with Gasteiger partial charge in [-0.1, -0.05) is 17.7 Å². The van der Waals surface area contributed by atoms with E-state index in [4.69, 9.17) is 9.47 Å². The highest BCUT2D eigenvalue weighted by molar-refractivity contribution is 5.94. The molecule has 0 bridgehead atoms. The van der Waals surface area contributed by atoms with Gasteiger partial charge < -0.3 is 14.4 Å². The average Bonchev–Trinajstić information content (AvgIpc) is 2.56. The summed E-state index contributed by atoms with van der Waals surface area (Å²) in [5, 5.41) is 0. The Kier molecular flexibility index (Phi) is 4.50. The highest BCUT2D eigenvalue weighted by Crippen LogP contribution is 2.37. The fourth-order valence-electron chi connectivity index (χ4n) is 3.67. The number of methoxy groups -OCH3 is 1. The molecule has 4 nitrogen and oxygen atoms in total. The predicted molar refractivity (Wildman–Crippen MR) is 85.0 cm³/mol. The van der Waals surface area contributed by atoms with Crippen molar-refractivity contribution in [3.8, 4) is 0 Å². The number of likely N-dealkylation sites (tertiary alicyclic amines) is 1. The minimum absolute atomic E-state index is 0.125. The number of ether oxygens (including phenoxy) is 2. The number of piperidine rings is 1. The van der Waals surface area contributed by atoms with E-state index in [1.807, 2.05) is 36.1 Å². The van der Waals surface area contributed by atoms with Crippen LogP contribution in [0.25, 0.3) is 0 Å². The fourth-order valence-corrected chi connectivity index (χ4v) is 3.67. The van der Waals surface area contributed by atoms with E-state index in [-0.39, 0.29) is 17.6 Å². The summed E-state index contributed by atoms with van der Waals surface area (Å²) in [6.45, 7) is 4.33. The van der Waals surface area contributed by atoms with Crippen molar-refractivity contribution in [1.82, 2.24) is 4.90 Å². The van der Waals surface area contributed by atoms with Crippen LogP contribution in [0.3, 0.4) is 0 Å². The standard InChI is InChI=1S/C18H25NO3/c1-14-5-7-15(8-6-14)17(20)19-11-9-18(10-12-19)16(21-2)4-3-13-22-18/h5-8,16H,3-4,9-13H2,1-2H3/t16-/m0/s1. The smallest absolute Gasteiger partial charge is 0.253 e. The summed E-state index contributed by atoms with van der Waals surface area (Å²) in [6, 6.07) is 7.81. The van der Waals surface area contributed by atoms with E-state index >= 15 is 0 Å². The lowest BCUT2D eigenvalue weighted by molar-refractivity contribution is -0.183. The Bertz CT molecular complexity index is 518. The molecule has 0 radical (unpaired) electrons. The first-order valence-electron chi connectivity index (χ1n) is 8.17. The molecule has 2 heterocycles. The molecule has 0 N–H and O–H groups in total. The van der Waals surface area contributed by atoms with Crippen LogP contribution in [0.1, 0.15) is 41.6 Å². The van der Waals surface area contributed by atoms with Gasteiger partial charge in [0.1, 0.15) is 0 Å². The third-order valence-electron chi connectivity index (χ3n) is 5.07. The molecule has 2 aliphatic rings. The van der Waals surface area contributed by atoms with Gasteiger partial charge in [0.15, 0.2) is 0 Å². The van der Waals surface area contributed by atoms with Gasteiger partial charge in [-0.05, 0) is 44.7 Å². The van der Waals surface area contributed by atoms with Crippen LogP contribution in [0.15, 0.2) is 24.3 Å². The number of hydrogen-bond donors (Lipinski definition) is 0. The molecule has 1 amide bonds. The van der Waals surface area contributed by atoms with E-state index in [9.17, 15) is 4.79 Å². The molecule has 1 atom stereocenters. The Balaban J connectivity index is 1.66. The number of carbonyl (C=O) groups is 1. The molecule has 3 rings (SSSR count). The molecule has 0 unspecified atom stereocenters. The van der Waals surface area contributed by atoms with Crippen LogP contribution in [0.4, 0.5) is 0 Å². The van der Waals surface area contributed by atoms with Crippen molar-refractivity contribution in [3.05, 3.63) is 35.4 Å². The van der Waals surface area contributed by atoms with Gasteiger partial charge in [0.25, 0.3) is 5.91 Å². The Morgan fingerprint density at radius 3 is 2.59 bits per heavy atom. The quantitative estimate of drug-likeness (QED) is 0.843. The second kappa shape index (κ2) is 6.39. The number of nitrogens with zero attached hydrogens (tertiary/aromatic N) is 1. The minimum atomic E-state index is -0.183. The van der Waals surface area contributed by atoms with Crippen molar-refractivity contribution in [2.24, 2.45) is 0 Å². The van der Waals surface area contributed by atoms with E-state index in [1.54, 1.807) is 7.11 Å². The van der Waals surface area contributed by atoms with Crippen LogP contribution in [-0.4, -0.2) is 49.3 Å². The van der Waals surface area contributed by atoms with Gasteiger partial charge in [-0.15, -0.1) is 0 Å². The third-order valence-corrected chi connectivity index (χ3v) is 5.07. The van der Waals surface area contributed by atoms with Gasteiger partial charge in [-0.3, -0.25) is 4.79 Å². The zero-order valence-corrected chi connectivity index (χ0v) is 13.5. The van der Waals surface area contributed by atoms with Crippen molar-refractivity contribution >= 4 is 5.91 Å². The molecule has 0 aromatic heterocycles. The van der Waals surface area contributed by atoms with Gasteiger partial charge in [0.2, 0.25) is 0 Å². The lowest BCUT2D eigenvalue weighted by Crippen LogP contribution is -2.56. The largest absolute Gasteiger partial charge is 0.378 e. The molecular weight excluding hydrogens is 278 g/mol. The maximum Gasteiger partial charge on any atom is 0.253 e. The van der Waals surface area contributed by atoms with Gasteiger partial charge in [0.05, 0.1) is 11.7 Å². The summed E-state index contributed by atoms with van der Waals surface area (Å²) in [6.07, 6.45) is 4.01. The first-order chi connectivity index (χ1) is 10.6. The Labute approximate surface area is 132 Å². The van der Waals surface area contributed by atoms with Gasteiger partial charge in [-0.2, -0.15) is 0 Å². The van der Waals surface area contributed by atoms with E-state index in [1.165, 1.54) is 5.56 Å². The van der Waals surface area contributed by atoms with Crippen LogP contribution in [0, 0.1) is 6.92 Å². The van der Waals surface area contributed by atoms with E-state index in [0.717, 1.165) is 50.9 Å². The number of hydrogen-bond acceptors (Lipinski definition) is 3. The highest BCUT2D eigenvalue weighted by atomic mass is 16.5. The summed E-state index contributed by atoms with van der Waals surface area (Å²) in [5.74, 6) is 0.125. The Morgan fingerprint density at radius 2 is 1.95 bits per heavy atom. The molecule has 4 heteroatoms. The zero-order chi connectivity index (χ0) is 15.6. The molecular formula is C18H25NO3. The van der Waals surface area contributed by atoms with Crippen molar-refractivity contribution in [2.45, 2.75) is 44.3 Å². The monoisotopic (exact) mass is 303 g/mol. The summed E-state index contributed by atoms with van der Waals surface area (Å²) >= 11 is 0. The maximum atomic E-state index is 12.6. The first-order valence-corrected chi connectivity index (χ1v) is 8.17. The van der Waals surface area contributed by atoms with E-state index in [0.29, 0.717) is 0 Å². The molecule has 0 saturated carbocycles. The van der Waals surface area contributed by atoms with Crippen molar-refractivity contribution in [3.63, 3.8) is 0 Å². The molecule has 2 fully saturated rings. The number of carbonyl (C=O) groups excluding carboxylic acids is 1. The van der Waals surface area contributed by atoms with Crippen molar-refractivity contribution in [1.29, 1.82) is 0 Å². The summed E-state index contributed by atoms with van der Waals surface area (Å²) in [4.78, 5) is 14.5. The maximum absolute atomic E-state index is 12.6. The van der Waals surface area contributed by atoms with Gasteiger partial charge in [-0.25, -0.2) is 0 Å². The number of rotatable bonds is 2. The molecule has 1 aromatic carbocycles. The average molecular weight is 303 g/mol.